The van der Waals surface area contributed by atoms with Crippen LogP contribution in [0.1, 0.15) is 29.8 Å². The number of nitrogens with zero attached hydrogens (tertiary/aromatic N) is 7. The van der Waals surface area contributed by atoms with E-state index in [1.54, 1.807) is 11.0 Å². The van der Waals surface area contributed by atoms with Crippen LogP contribution in [-0.4, -0.2) is 72.0 Å². The van der Waals surface area contributed by atoms with E-state index < -0.39 is 11.7 Å². The fourth-order valence-corrected chi connectivity index (χ4v) is 5.80. The fraction of sp³-hybridized carbons (Fsp3) is 0.357. The number of aromatic nitrogens is 2. The van der Waals surface area contributed by atoms with Crippen LogP contribution in [0.25, 0.3) is 0 Å². The maximum atomic E-state index is 14.8. The Labute approximate surface area is 231 Å². The Kier molecular flexibility index (Phi) is 6.39. The molecule has 4 heterocycles. The Bertz CT molecular complexity index is 1460. The number of carbonyl (C=O) groups excluding carboxylic acids is 1. The van der Waals surface area contributed by atoms with Crippen LogP contribution in [0.3, 0.4) is 0 Å². The minimum Gasteiger partial charge on any atom is -0.368 e. The van der Waals surface area contributed by atoms with Crippen LogP contribution in [0.2, 0.25) is 5.02 Å². The number of nitrogens with one attached hydrogen (secondary N) is 1. The van der Waals surface area contributed by atoms with E-state index in [1.165, 1.54) is 28.9 Å². The zero-order chi connectivity index (χ0) is 27.4. The zero-order valence-electron chi connectivity index (χ0n) is 22.3. The van der Waals surface area contributed by atoms with E-state index in [1.807, 2.05) is 6.07 Å². The van der Waals surface area contributed by atoms with Gasteiger partial charge in [-0.15, -0.1) is 0 Å². The molecule has 0 bridgehead atoms. The van der Waals surface area contributed by atoms with Crippen molar-refractivity contribution in [3.63, 3.8) is 0 Å². The molecule has 39 heavy (non-hydrogen) atoms. The van der Waals surface area contributed by atoms with Gasteiger partial charge in [-0.05, 0) is 63.7 Å². The highest BCUT2D eigenvalue weighted by molar-refractivity contribution is 6.38. The predicted molar refractivity (Wildman–Crippen MR) is 153 cm³/mol. The third-order valence-electron chi connectivity index (χ3n) is 7.79. The molecule has 202 valence electrons. The molecule has 11 heteroatoms. The SMILES string of the molecule is Cc1cc(Nc2ncc3c(n2)N2CCN=C2N(c2c(F)cccc2Cl)C3=O)ccc1N1CC(C)N(C)[C@@H](C)C1. The minimum atomic E-state index is -0.604. The van der Waals surface area contributed by atoms with Crippen molar-refractivity contribution in [2.45, 2.75) is 32.9 Å². The van der Waals surface area contributed by atoms with Crippen LogP contribution in [0.5, 0.6) is 0 Å². The molecule has 2 aromatic carbocycles. The van der Waals surface area contributed by atoms with Crippen molar-refractivity contribution in [3.05, 3.63) is 64.6 Å². The van der Waals surface area contributed by atoms with Crippen molar-refractivity contribution in [1.82, 2.24) is 14.9 Å². The number of hydrogen-bond donors (Lipinski definition) is 1. The molecule has 1 fully saturated rings. The third-order valence-corrected chi connectivity index (χ3v) is 8.10. The molecule has 0 saturated carbocycles. The number of guanidine groups is 1. The molecule has 0 aliphatic carbocycles. The highest BCUT2D eigenvalue weighted by Crippen LogP contribution is 2.37. The first-order valence-electron chi connectivity index (χ1n) is 13.0. The lowest BCUT2D eigenvalue weighted by atomic mass is 10.1. The van der Waals surface area contributed by atoms with E-state index in [9.17, 15) is 9.18 Å². The first-order chi connectivity index (χ1) is 18.7. The second-order valence-electron chi connectivity index (χ2n) is 10.4. The molecule has 1 saturated heterocycles. The number of rotatable bonds is 4. The van der Waals surface area contributed by atoms with Gasteiger partial charge in [0.1, 0.15) is 17.1 Å². The van der Waals surface area contributed by atoms with Gasteiger partial charge in [-0.3, -0.25) is 19.6 Å². The Hall–Kier alpha value is -3.76. The number of anilines is 5. The molecule has 1 amide bonds. The average molecular weight is 549 g/mol. The van der Waals surface area contributed by atoms with Gasteiger partial charge in [0.15, 0.2) is 5.82 Å². The van der Waals surface area contributed by atoms with Gasteiger partial charge in [0.25, 0.3) is 5.91 Å². The number of aryl methyl sites for hydroxylation is 1. The van der Waals surface area contributed by atoms with E-state index in [4.69, 9.17) is 11.6 Å². The van der Waals surface area contributed by atoms with E-state index >= 15 is 0 Å². The van der Waals surface area contributed by atoms with Crippen LogP contribution in [-0.2, 0) is 0 Å². The van der Waals surface area contributed by atoms with Gasteiger partial charge < -0.3 is 10.2 Å². The number of likely N-dealkylation sites (N-methyl/N-ethyl adjacent to an activating group) is 1. The smallest absolute Gasteiger partial charge is 0.270 e. The normalized spacial score (nSPS) is 21.1. The van der Waals surface area contributed by atoms with Crippen LogP contribution < -0.4 is 20.0 Å². The van der Waals surface area contributed by atoms with Crippen molar-refractivity contribution in [2.75, 3.05) is 53.2 Å². The lowest BCUT2D eigenvalue weighted by molar-refractivity contribution is 0.0999. The lowest BCUT2D eigenvalue weighted by Gasteiger charge is -2.44. The van der Waals surface area contributed by atoms with Crippen LogP contribution in [0.4, 0.5) is 33.2 Å². The Morgan fingerprint density at radius 2 is 1.90 bits per heavy atom. The molecule has 1 unspecified atom stereocenters. The summed E-state index contributed by atoms with van der Waals surface area (Å²) in [6.07, 6.45) is 1.47. The molecule has 0 spiro atoms. The molecule has 9 nitrogen and oxygen atoms in total. The number of para-hydroxylation sites is 1. The molecule has 1 aromatic heterocycles. The molecular formula is C28H30ClFN8O. The van der Waals surface area contributed by atoms with Crippen molar-refractivity contribution < 1.29 is 9.18 Å². The van der Waals surface area contributed by atoms with Gasteiger partial charge in [-0.1, -0.05) is 17.7 Å². The summed E-state index contributed by atoms with van der Waals surface area (Å²) in [7, 11) is 2.18. The summed E-state index contributed by atoms with van der Waals surface area (Å²) in [4.78, 5) is 35.0. The minimum absolute atomic E-state index is 0.0256. The largest absolute Gasteiger partial charge is 0.368 e. The van der Waals surface area contributed by atoms with Crippen molar-refractivity contribution in [2.24, 2.45) is 4.99 Å². The van der Waals surface area contributed by atoms with Crippen molar-refractivity contribution >= 4 is 52.3 Å². The third kappa shape index (κ3) is 4.37. The fourth-order valence-electron chi connectivity index (χ4n) is 5.55. The number of carbonyl (C=O) groups is 1. The average Bonchev–Trinajstić information content (AvgIpc) is 3.39. The van der Waals surface area contributed by atoms with Crippen molar-refractivity contribution in [3.8, 4) is 0 Å². The summed E-state index contributed by atoms with van der Waals surface area (Å²) >= 11 is 6.30. The second kappa shape index (κ2) is 9.77. The van der Waals surface area contributed by atoms with E-state index in [2.05, 4.69) is 70.0 Å². The summed E-state index contributed by atoms with van der Waals surface area (Å²) < 4.78 is 14.8. The first kappa shape index (κ1) is 25.5. The number of piperazine rings is 1. The number of fused-ring (bicyclic) bond motifs is 3. The quantitative estimate of drug-likeness (QED) is 0.507. The summed E-state index contributed by atoms with van der Waals surface area (Å²) in [6, 6.07) is 11.5. The molecule has 0 radical (unpaired) electrons. The highest BCUT2D eigenvalue weighted by Gasteiger charge is 2.41. The van der Waals surface area contributed by atoms with Gasteiger partial charge in [0.05, 0.1) is 11.6 Å². The van der Waals surface area contributed by atoms with Gasteiger partial charge >= 0.3 is 0 Å². The van der Waals surface area contributed by atoms with Crippen molar-refractivity contribution in [1.29, 1.82) is 0 Å². The van der Waals surface area contributed by atoms with Gasteiger partial charge in [-0.2, -0.15) is 4.98 Å². The lowest BCUT2D eigenvalue weighted by Crippen LogP contribution is -2.55. The number of benzene rings is 2. The van der Waals surface area contributed by atoms with Crippen LogP contribution >= 0.6 is 11.6 Å². The first-order valence-corrected chi connectivity index (χ1v) is 13.4. The Morgan fingerprint density at radius 3 is 2.62 bits per heavy atom. The number of halogens is 2. The molecule has 2 atom stereocenters. The molecule has 6 rings (SSSR count). The van der Waals surface area contributed by atoms with Crippen LogP contribution in [0.15, 0.2) is 47.6 Å². The van der Waals surface area contributed by atoms with Gasteiger partial charge in [0.2, 0.25) is 11.9 Å². The number of amides is 1. The molecule has 3 aliphatic rings. The molecule has 3 aliphatic heterocycles. The summed E-state index contributed by atoms with van der Waals surface area (Å²) in [6.45, 7) is 9.53. The monoisotopic (exact) mass is 548 g/mol. The molecular weight excluding hydrogens is 519 g/mol. The second-order valence-corrected chi connectivity index (χ2v) is 10.8. The van der Waals surface area contributed by atoms with Gasteiger partial charge in [0, 0.05) is 49.3 Å². The molecule has 1 N–H and O–H groups in total. The summed E-state index contributed by atoms with van der Waals surface area (Å²) in [5, 5.41) is 3.41. The zero-order valence-corrected chi connectivity index (χ0v) is 23.1. The Balaban J connectivity index is 1.27. The number of hydrogen-bond acceptors (Lipinski definition) is 8. The number of aliphatic imine (C=N–C) groups is 1. The Morgan fingerprint density at radius 1 is 1.13 bits per heavy atom. The molecule has 3 aromatic rings. The van der Waals surface area contributed by atoms with E-state index in [-0.39, 0.29) is 16.3 Å². The van der Waals surface area contributed by atoms with Gasteiger partial charge in [-0.25, -0.2) is 14.3 Å². The van der Waals surface area contributed by atoms with Crippen LogP contribution in [0, 0.1) is 12.7 Å². The predicted octanol–water partition coefficient (Wildman–Crippen LogP) is 4.69. The standard InChI is InChI=1S/C28H30ClFN8O/c1-16-12-19(8-9-23(16)36-14-17(2)35(4)18(3)15-36)33-27-32-13-20-25(34-27)37-11-10-31-28(37)38(26(20)39)24-21(29)6-5-7-22(24)30/h5-9,12-13,17-18H,10-11,14-15H2,1-4H3,(H,32,33,34)/t17-,18?/m0/s1. The maximum Gasteiger partial charge on any atom is 0.270 e. The van der Waals surface area contributed by atoms with E-state index in [0.29, 0.717) is 42.9 Å². The maximum absolute atomic E-state index is 14.8. The highest BCUT2D eigenvalue weighted by atomic mass is 35.5. The topological polar surface area (TPSA) is 80.2 Å². The van der Waals surface area contributed by atoms with E-state index in [0.717, 1.165) is 24.3 Å². The summed E-state index contributed by atoms with van der Waals surface area (Å²) in [5.41, 5.74) is 3.45. The summed E-state index contributed by atoms with van der Waals surface area (Å²) in [5.74, 6) is 0.0222.